The summed E-state index contributed by atoms with van der Waals surface area (Å²) in [5.41, 5.74) is 1.82. The molecule has 0 aliphatic heterocycles. The third kappa shape index (κ3) is 5.64. The number of urea groups is 1. The van der Waals surface area contributed by atoms with Crippen LogP contribution in [0.2, 0.25) is 0 Å². The second kappa shape index (κ2) is 8.40. The predicted octanol–water partition coefficient (Wildman–Crippen LogP) is 3.71. The molecule has 2 N–H and O–H groups in total. The Balaban J connectivity index is 2.53. The lowest BCUT2D eigenvalue weighted by molar-refractivity contribution is 0.251. The van der Waals surface area contributed by atoms with Crippen molar-refractivity contribution in [3.05, 3.63) is 23.8 Å². The van der Waals surface area contributed by atoms with E-state index in [1.54, 1.807) is 0 Å². The number of unbranched alkanes of at least 4 members (excludes halogenated alkanes) is 2. The Kier molecular flexibility index (Phi) is 6.79. The van der Waals surface area contributed by atoms with Crippen LogP contribution in [0.5, 0.6) is 5.75 Å². The number of carbonyl (C=O) groups is 1. The SMILES string of the molecule is CCCCCNC(=O)Nc1ccc(C)cc1OCC. The second-order valence-electron chi connectivity index (χ2n) is 4.52. The van der Waals surface area contributed by atoms with E-state index in [1.807, 2.05) is 32.0 Å². The summed E-state index contributed by atoms with van der Waals surface area (Å²) >= 11 is 0. The van der Waals surface area contributed by atoms with Gasteiger partial charge in [-0.2, -0.15) is 0 Å². The van der Waals surface area contributed by atoms with Crippen LogP contribution in [-0.2, 0) is 0 Å². The molecule has 0 fully saturated rings. The van der Waals surface area contributed by atoms with E-state index in [0.717, 1.165) is 24.8 Å². The largest absolute Gasteiger partial charge is 0.492 e. The van der Waals surface area contributed by atoms with E-state index < -0.39 is 0 Å². The van der Waals surface area contributed by atoms with E-state index in [0.29, 0.717) is 24.6 Å². The zero-order valence-corrected chi connectivity index (χ0v) is 12.1. The molecule has 0 aliphatic rings. The molecular formula is C15H24N2O2. The summed E-state index contributed by atoms with van der Waals surface area (Å²) in [6.07, 6.45) is 3.29. The fourth-order valence-corrected chi connectivity index (χ4v) is 1.75. The topological polar surface area (TPSA) is 50.4 Å². The highest BCUT2D eigenvalue weighted by Crippen LogP contribution is 2.25. The lowest BCUT2D eigenvalue weighted by atomic mass is 10.2. The molecule has 0 spiro atoms. The van der Waals surface area contributed by atoms with E-state index in [1.165, 1.54) is 0 Å². The van der Waals surface area contributed by atoms with Crippen LogP contribution in [0, 0.1) is 6.92 Å². The Morgan fingerprint density at radius 1 is 1.26 bits per heavy atom. The van der Waals surface area contributed by atoms with Gasteiger partial charge in [-0.1, -0.05) is 25.8 Å². The molecule has 19 heavy (non-hydrogen) atoms. The number of ether oxygens (including phenoxy) is 1. The molecule has 0 saturated heterocycles. The number of hydrogen-bond acceptors (Lipinski definition) is 2. The first-order chi connectivity index (χ1) is 9.17. The summed E-state index contributed by atoms with van der Waals surface area (Å²) in [5.74, 6) is 0.714. The number of carbonyl (C=O) groups excluding carboxylic acids is 1. The van der Waals surface area contributed by atoms with Gasteiger partial charge < -0.3 is 15.4 Å². The average molecular weight is 264 g/mol. The highest BCUT2D eigenvalue weighted by Gasteiger charge is 2.07. The summed E-state index contributed by atoms with van der Waals surface area (Å²) in [7, 11) is 0. The molecule has 4 nitrogen and oxygen atoms in total. The van der Waals surface area contributed by atoms with Gasteiger partial charge in [-0.05, 0) is 38.0 Å². The van der Waals surface area contributed by atoms with Gasteiger partial charge in [0.1, 0.15) is 5.75 Å². The number of rotatable bonds is 7. The van der Waals surface area contributed by atoms with Crippen molar-refractivity contribution in [2.75, 3.05) is 18.5 Å². The molecule has 0 heterocycles. The minimum Gasteiger partial charge on any atom is -0.492 e. The molecule has 0 aliphatic carbocycles. The normalized spacial score (nSPS) is 10.1. The fourth-order valence-electron chi connectivity index (χ4n) is 1.75. The maximum atomic E-state index is 11.7. The predicted molar refractivity (Wildman–Crippen MR) is 78.9 cm³/mol. The van der Waals surface area contributed by atoms with Gasteiger partial charge >= 0.3 is 6.03 Å². The van der Waals surface area contributed by atoms with Gasteiger partial charge in [-0.25, -0.2) is 4.79 Å². The van der Waals surface area contributed by atoms with Crippen molar-refractivity contribution in [2.24, 2.45) is 0 Å². The number of anilines is 1. The molecule has 0 bridgehead atoms. The fraction of sp³-hybridized carbons (Fsp3) is 0.533. The quantitative estimate of drug-likeness (QED) is 0.738. The number of benzene rings is 1. The van der Waals surface area contributed by atoms with Gasteiger partial charge in [0.05, 0.1) is 12.3 Å². The molecule has 0 unspecified atom stereocenters. The van der Waals surface area contributed by atoms with E-state index >= 15 is 0 Å². The van der Waals surface area contributed by atoms with Crippen molar-refractivity contribution in [3.63, 3.8) is 0 Å². The molecule has 2 amide bonds. The molecule has 0 radical (unpaired) electrons. The van der Waals surface area contributed by atoms with Crippen LogP contribution in [0.4, 0.5) is 10.5 Å². The van der Waals surface area contributed by atoms with E-state index in [4.69, 9.17) is 4.74 Å². The first-order valence-electron chi connectivity index (χ1n) is 6.95. The first-order valence-corrected chi connectivity index (χ1v) is 6.95. The summed E-state index contributed by atoms with van der Waals surface area (Å²) in [4.78, 5) is 11.7. The van der Waals surface area contributed by atoms with E-state index in [9.17, 15) is 4.79 Å². The minimum absolute atomic E-state index is 0.180. The highest BCUT2D eigenvalue weighted by atomic mass is 16.5. The molecule has 1 aromatic rings. The zero-order valence-electron chi connectivity index (χ0n) is 12.1. The first kappa shape index (κ1) is 15.3. The van der Waals surface area contributed by atoms with Gasteiger partial charge in [-0.3, -0.25) is 0 Å². The number of nitrogens with one attached hydrogen (secondary N) is 2. The summed E-state index contributed by atoms with van der Waals surface area (Å²) in [5, 5.41) is 5.67. The molecular weight excluding hydrogens is 240 g/mol. The van der Waals surface area contributed by atoms with Gasteiger partial charge in [0, 0.05) is 6.54 Å². The Hall–Kier alpha value is -1.71. The van der Waals surface area contributed by atoms with E-state index in [2.05, 4.69) is 17.6 Å². The van der Waals surface area contributed by atoms with Crippen LogP contribution in [-0.4, -0.2) is 19.2 Å². The lowest BCUT2D eigenvalue weighted by Gasteiger charge is -2.13. The number of amides is 2. The average Bonchev–Trinajstić information content (AvgIpc) is 2.38. The van der Waals surface area contributed by atoms with Crippen LogP contribution in [0.1, 0.15) is 38.7 Å². The maximum absolute atomic E-state index is 11.7. The van der Waals surface area contributed by atoms with Crippen molar-refractivity contribution in [2.45, 2.75) is 40.0 Å². The van der Waals surface area contributed by atoms with Crippen LogP contribution in [0.15, 0.2) is 18.2 Å². The molecule has 106 valence electrons. The van der Waals surface area contributed by atoms with Crippen molar-refractivity contribution in [1.82, 2.24) is 5.32 Å². The van der Waals surface area contributed by atoms with Crippen LogP contribution in [0.3, 0.4) is 0 Å². The minimum atomic E-state index is -0.180. The van der Waals surface area contributed by atoms with E-state index in [-0.39, 0.29) is 6.03 Å². The Bertz CT molecular complexity index is 405. The van der Waals surface area contributed by atoms with Crippen LogP contribution in [0.25, 0.3) is 0 Å². The summed E-state index contributed by atoms with van der Waals surface area (Å²) in [6.45, 7) is 7.35. The van der Waals surface area contributed by atoms with Gasteiger partial charge in [0.15, 0.2) is 0 Å². The Morgan fingerprint density at radius 2 is 2.05 bits per heavy atom. The smallest absolute Gasteiger partial charge is 0.319 e. The summed E-state index contributed by atoms with van der Waals surface area (Å²) in [6, 6.07) is 5.57. The number of hydrogen-bond donors (Lipinski definition) is 2. The highest BCUT2D eigenvalue weighted by molar-refractivity contribution is 5.90. The Labute approximate surface area is 115 Å². The molecule has 0 atom stereocenters. The van der Waals surface area contributed by atoms with Gasteiger partial charge in [-0.15, -0.1) is 0 Å². The molecule has 1 aromatic carbocycles. The molecule has 4 heteroatoms. The molecule has 0 saturated carbocycles. The Morgan fingerprint density at radius 3 is 2.74 bits per heavy atom. The standard InChI is InChI=1S/C15H24N2O2/c1-4-6-7-10-16-15(18)17-13-9-8-12(3)11-14(13)19-5-2/h8-9,11H,4-7,10H2,1-3H3,(H2,16,17,18). The second-order valence-corrected chi connectivity index (χ2v) is 4.52. The van der Waals surface area contributed by atoms with Crippen LogP contribution >= 0.6 is 0 Å². The lowest BCUT2D eigenvalue weighted by Crippen LogP contribution is -2.29. The third-order valence-electron chi connectivity index (χ3n) is 2.75. The zero-order chi connectivity index (χ0) is 14.1. The van der Waals surface area contributed by atoms with Crippen molar-refractivity contribution < 1.29 is 9.53 Å². The van der Waals surface area contributed by atoms with Gasteiger partial charge in [0.2, 0.25) is 0 Å². The van der Waals surface area contributed by atoms with Gasteiger partial charge in [0.25, 0.3) is 0 Å². The van der Waals surface area contributed by atoms with Crippen molar-refractivity contribution in [3.8, 4) is 5.75 Å². The monoisotopic (exact) mass is 264 g/mol. The van der Waals surface area contributed by atoms with Crippen molar-refractivity contribution in [1.29, 1.82) is 0 Å². The maximum Gasteiger partial charge on any atom is 0.319 e. The summed E-state index contributed by atoms with van der Waals surface area (Å²) < 4.78 is 5.52. The number of aryl methyl sites for hydroxylation is 1. The molecule has 1 rings (SSSR count). The van der Waals surface area contributed by atoms with Crippen LogP contribution < -0.4 is 15.4 Å². The molecule has 0 aromatic heterocycles. The third-order valence-corrected chi connectivity index (χ3v) is 2.75. The van der Waals surface area contributed by atoms with Crippen molar-refractivity contribution >= 4 is 11.7 Å².